The molecule has 0 spiro atoms. The summed E-state index contributed by atoms with van der Waals surface area (Å²) in [6.07, 6.45) is 1.80. The van der Waals surface area contributed by atoms with Gasteiger partial charge in [-0.1, -0.05) is 13.3 Å². The summed E-state index contributed by atoms with van der Waals surface area (Å²) < 4.78 is 0. The van der Waals surface area contributed by atoms with Gasteiger partial charge in [0.2, 0.25) is 0 Å². The van der Waals surface area contributed by atoms with Crippen LogP contribution >= 0.6 is 0 Å². The number of benzene rings is 1. The standard InChI is InChI=1S/C13H19N3O3/c1-4-7-13(2,3)15-12(17)9-5-6-11(16(18)19)10(14)8-9/h5-6,8H,4,7,14H2,1-3H3,(H,15,17). The first-order valence-corrected chi connectivity index (χ1v) is 6.13. The number of nitrogen functional groups attached to an aromatic ring is 1. The average molecular weight is 265 g/mol. The van der Waals surface area contributed by atoms with Gasteiger partial charge < -0.3 is 11.1 Å². The van der Waals surface area contributed by atoms with Crippen LogP contribution in [0.2, 0.25) is 0 Å². The zero-order chi connectivity index (χ0) is 14.6. The van der Waals surface area contributed by atoms with Gasteiger partial charge in [-0.05, 0) is 32.4 Å². The summed E-state index contributed by atoms with van der Waals surface area (Å²) in [4.78, 5) is 22.1. The molecule has 0 heterocycles. The van der Waals surface area contributed by atoms with Gasteiger partial charge in [-0.25, -0.2) is 0 Å². The van der Waals surface area contributed by atoms with Crippen molar-refractivity contribution in [3.63, 3.8) is 0 Å². The molecule has 1 aromatic carbocycles. The Morgan fingerprint density at radius 1 is 1.47 bits per heavy atom. The Morgan fingerprint density at radius 2 is 2.11 bits per heavy atom. The Bertz CT molecular complexity index is 498. The summed E-state index contributed by atoms with van der Waals surface area (Å²) in [5.74, 6) is -0.278. The molecule has 6 heteroatoms. The largest absolute Gasteiger partial charge is 0.393 e. The normalized spacial score (nSPS) is 11.1. The van der Waals surface area contributed by atoms with Crippen molar-refractivity contribution in [3.05, 3.63) is 33.9 Å². The third-order valence-corrected chi connectivity index (χ3v) is 2.81. The smallest absolute Gasteiger partial charge is 0.292 e. The molecule has 0 saturated carbocycles. The fraction of sp³-hybridized carbons (Fsp3) is 0.462. The zero-order valence-corrected chi connectivity index (χ0v) is 11.4. The van der Waals surface area contributed by atoms with Gasteiger partial charge in [0.25, 0.3) is 11.6 Å². The number of nitro benzene ring substituents is 1. The Hall–Kier alpha value is -2.11. The Labute approximate surface area is 112 Å². The lowest BCUT2D eigenvalue weighted by molar-refractivity contribution is -0.383. The van der Waals surface area contributed by atoms with E-state index in [1.807, 2.05) is 20.8 Å². The number of hydrogen-bond donors (Lipinski definition) is 2. The second kappa shape index (κ2) is 5.69. The Balaban J connectivity index is 2.90. The molecule has 3 N–H and O–H groups in total. The summed E-state index contributed by atoms with van der Waals surface area (Å²) >= 11 is 0. The summed E-state index contributed by atoms with van der Waals surface area (Å²) in [6, 6.07) is 3.98. The van der Waals surface area contributed by atoms with Crippen LogP contribution in [0.4, 0.5) is 11.4 Å². The van der Waals surface area contributed by atoms with E-state index in [-0.39, 0.29) is 22.8 Å². The summed E-state index contributed by atoms with van der Waals surface area (Å²) in [7, 11) is 0. The van der Waals surface area contributed by atoms with Crippen molar-refractivity contribution in [2.75, 3.05) is 5.73 Å². The molecule has 0 aliphatic rings. The van der Waals surface area contributed by atoms with Crippen molar-refractivity contribution < 1.29 is 9.72 Å². The molecule has 104 valence electrons. The lowest BCUT2D eigenvalue weighted by Gasteiger charge is -2.25. The molecule has 0 aliphatic carbocycles. The third-order valence-electron chi connectivity index (χ3n) is 2.81. The van der Waals surface area contributed by atoms with E-state index in [9.17, 15) is 14.9 Å². The molecule has 0 bridgehead atoms. The first-order valence-electron chi connectivity index (χ1n) is 6.13. The minimum atomic E-state index is -0.571. The SMILES string of the molecule is CCCC(C)(C)NC(=O)c1ccc([N+](=O)[O-])c(N)c1. The molecule has 0 radical (unpaired) electrons. The number of amides is 1. The van der Waals surface area contributed by atoms with Crippen molar-refractivity contribution in [2.24, 2.45) is 0 Å². The molecule has 1 amide bonds. The van der Waals surface area contributed by atoms with Gasteiger partial charge >= 0.3 is 0 Å². The number of hydrogen-bond acceptors (Lipinski definition) is 4. The highest BCUT2D eigenvalue weighted by Crippen LogP contribution is 2.22. The zero-order valence-electron chi connectivity index (χ0n) is 11.4. The lowest BCUT2D eigenvalue weighted by Crippen LogP contribution is -2.43. The highest BCUT2D eigenvalue weighted by molar-refractivity contribution is 5.96. The van der Waals surface area contributed by atoms with Crippen LogP contribution in [0.3, 0.4) is 0 Å². The van der Waals surface area contributed by atoms with Gasteiger partial charge in [0.1, 0.15) is 5.69 Å². The highest BCUT2D eigenvalue weighted by Gasteiger charge is 2.21. The van der Waals surface area contributed by atoms with E-state index in [1.165, 1.54) is 18.2 Å². The van der Waals surface area contributed by atoms with Crippen LogP contribution in [0.5, 0.6) is 0 Å². The fourth-order valence-electron chi connectivity index (χ4n) is 1.93. The fourth-order valence-corrected chi connectivity index (χ4v) is 1.93. The van der Waals surface area contributed by atoms with E-state index in [0.717, 1.165) is 12.8 Å². The summed E-state index contributed by atoms with van der Waals surface area (Å²) in [6.45, 7) is 5.91. The molecule has 1 rings (SSSR count). The minimum Gasteiger partial charge on any atom is -0.393 e. The number of rotatable bonds is 5. The third kappa shape index (κ3) is 3.94. The van der Waals surface area contributed by atoms with Crippen molar-refractivity contribution in [1.82, 2.24) is 5.32 Å². The van der Waals surface area contributed by atoms with E-state index in [2.05, 4.69) is 5.32 Å². The molecule has 0 atom stereocenters. The first kappa shape index (κ1) is 14.9. The number of carbonyl (C=O) groups is 1. The van der Waals surface area contributed by atoms with Crippen LogP contribution < -0.4 is 11.1 Å². The number of nitrogens with two attached hydrogens (primary N) is 1. The van der Waals surface area contributed by atoms with Gasteiger partial charge in [0, 0.05) is 17.2 Å². The van der Waals surface area contributed by atoms with Crippen LogP contribution in [0.15, 0.2) is 18.2 Å². The summed E-state index contributed by atoms with van der Waals surface area (Å²) in [5.41, 5.74) is 5.37. The molecule has 0 aliphatic heterocycles. The lowest BCUT2D eigenvalue weighted by atomic mass is 9.98. The Morgan fingerprint density at radius 3 is 2.58 bits per heavy atom. The molecule has 0 fully saturated rings. The molecule has 0 unspecified atom stereocenters. The molecule has 1 aromatic rings. The van der Waals surface area contributed by atoms with E-state index >= 15 is 0 Å². The van der Waals surface area contributed by atoms with E-state index in [4.69, 9.17) is 5.73 Å². The highest BCUT2D eigenvalue weighted by atomic mass is 16.6. The van der Waals surface area contributed by atoms with Gasteiger partial charge in [-0.3, -0.25) is 14.9 Å². The van der Waals surface area contributed by atoms with Crippen LogP contribution in [-0.2, 0) is 0 Å². The molecule has 0 aromatic heterocycles. The maximum Gasteiger partial charge on any atom is 0.292 e. The van der Waals surface area contributed by atoms with E-state index < -0.39 is 4.92 Å². The van der Waals surface area contributed by atoms with Gasteiger partial charge in [-0.15, -0.1) is 0 Å². The number of carbonyl (C=O) groups excluding carboxylic acids is 1. The van der Waals surface area contributed by atoms with Gasteiger partial charge in [0.05, 0.1) is 4.92 Å². The van der Waals surface area contributed by atoms with Gasteiger partial charge in [-0.2, -0.15) is 0 Å². The molecule has 0 saturated heterocycles. The van der Waals surface area contributed by atoms with Crippen molar-refractivity contribution in [3.8, 4) is 0 Å². The van der Waals surface area contributed by atoms with Crippen LogP contribution in [0.1, 0.15) is 44.0 Å². The number of nitro groups is 1. The second-order valence-electron chi connectivity index (χ2n) is 5.12. The molecular formula is C13H19N3O3. The summed E-state index contributed by atoms with van der Waals surface area (Å²) in [5, 5.41) is 13.5. The van der Waals surface area contributed by atoms with Crippen LogP contribution in [0, 0.1) is 10.1 Å². The maximum absolute atomic E-state index is 12.0. The predicted octanol–water partition coefficient (Wildman–Crippen LogP) is 2.49. The number of nitrogens with one attached hydrogen (secondary N) is 1. The van der Waals surface area contributed by atoms with Crippen LogP contribution in [0.25, 0.3) is 0 Å². The molecular weight excluding hydrogens is 246 g/mol. The number of nitrogens with zero attached hydrogens (tertiary/aromatic N) is 1. The second-order valence-corrected chi connectivity index (χ2v) is 5.12. The van der Waals surface area contributed by atoms with Crippen molar-refractivity contribution >= 4 is 17.3 Å². The number of anilines is 1. The van der Waals surface area contributed by atoms with Crippen molar-refractivity contribution in [1.29, 1.82) is 0 Å². The quantitative estimate of drug-likeness (QED) is 0.485. The monoisotopic (exact) mass is 265 g/mol. The molecule has 6 nitrogen and oxygen atoms in total. The van der Waals surface area contributed by atoms with E-state index in [1.54, 1.807) is 0 Å². The van der Waals surface area contributed by atoms with E-state index in [0.29, 0.717) is 5.56 Å². The van der Waals surface area contributed by atoms with Crippen molar-refractivity contribution in [2.45, 2.75) is 39.2 Å². The minimum absolute atomic E-state index is 0.00838. The average Bonchev–Trinajstić information content (AvgIpc) is 2.27. The molecule has 19 heavy (non-hydrogen) atoms. The maximum atomic E-state index is 12.0. The van der Waals surface area contributed by atoms with Crippen LogP contribution in [-0.4, -0.2) is 16.4 Å². The predicted molar refractivity (Wildman–Crippen MR) is 74.0 cm³/mol. The first-order chi connectivity index (χ1) is 8.76. The topological polar surface area (TPSA) is 98.3 Å². The Kier molecular flexibility index (Phi) is 4.47. The van der Waals surface area contributed by atoms with Gasteiger partial charge in [0.15, 0.2) is 0 Å².